The molecule has 2 aliphatic rings. The molecule has 0 spiro atoms. The fraction of sp³-hybridized carbons (Fsp3) is 0.333. The first-order chi connectivity index (χ1) is 17.0. The second-order valence-electron chi connectivity index (χ2n) is 8.79. The van der Waals surface area contributed by atoms with Crippen molar-refractivity contribution in [3.05, 3.63) is 81.0 Å². The van der Waals surface area contributed by atoms with Gasteiger partial charge in [-0.3, -0.25) is 9.59 Å². The predicted octanol–water partition coefficient (Wildman–Crippen LogP) is 5.22. The second kappa shape index (κ2) is 10.3. The molecule has 0 bridgehead atoms. The van der Waals surface area contributed by atoms with E-state index in [1.54, 1.807) is 47.6 Å². The summed E-state index contributed by atoms with van der Waals surface area (Å²) in [4.78, 5) is 31.8. The van der Waals surface area contributed by atoms with Gasteiger partial charge in [-0.25, -0.2) is 0 Å². The number of hydrogen-bond donors (Lipinski definition) is 0. The Kier molecular flexibility index (Phi) is 6.97. The van der Waals surface area contributed by atoms with Crippen molar-refractivity contribution in [3.63, 3.8) is 0 Å². The lowest BCUT2D eigenvalue weighted by molar-refractivity contribution is -0.135. The number of nitrogens with zero attached hydrogens (tertiary/aromatic N) is 2. The maximum absolute atomic E-state index is 13.6. The summed E-state index contributed by atoms with van der Waals surface area (Å²) in [5, 5.41) is 2.47. The third-order valence-corrected chi connectivity index (χ3v) is 7.85. The molecule has 2 heterocycles. The highest BCUT2D eigenvalue weighted by Gasteiger charge is 2.38. The van der Waals surface area contributed by atoms with Crippen molar-refractivity contribution in [2.45, 2.75) is 31.3 Å². The Bertz CT molecular complexity index is 1230. The van der Waals surface area contributed by atoms with E-state index in [2.05, 4.69) is 11.4 Å². The van der Waals surface area contributed by atoms with Crippen molar-refractivity contribution in [1.82, 2.24) is 9.80 Å². The highest BCUT2D eigenvalue weighted by atomic mass is 35.5. The van der Waals surface area contributed by atoms with Crippen molar-refractivity contribution in [3.8, 4) is 11.5 Å². The molecule has 0 unspecified atom stereocenters. The Morgan fingerprint density at radius 3 is 2.69 bits per heavy atom. The number of methoxy groups -OCH3 is 1. The first-order valence-electron chi connectivity index (χ1n) is 11.7. The number of hydrogen-bond acceptors (Lipinski definition) is 5. The van der Waals surface area contributed by atoms with Crippen LogP contribution < -0.4 is 9.47 Å². The Morgan fingerprint density at radius 1 is 1.11 bits per heavy atom. The predicted molar refractivity (Wildman–Crippen MR) is 136 cm³/mol. The van der Waals surface area contributed by atoms with Gasteiger partial charge in [0.05, 0.1) is 23.7 Å². The van der Waals surface area contributed by atoms with Gasteiger partial charge in [0, 0.05) is 23.5 Å². The number of ether oxygens (including phenoxy) is 2. The fourth-order valence-corrected chi connectivity index (χ4v) is 5.66. The van der Waals surface area contributed by atoms with Gasteiger partial charge in [-0.15, -0.1) is 11.3 Å². The lowest BCUT2D eigenvalue weighted by Crippen LogP contribution is -2.48. The molecule has 1 aromatic heterocycles. The normalized spacial score (nSPS) is 17.0. The van der Waals surface area contributed by atoms with Crippen molar-refractivity contribution in [1.29, 1.82) is 0 Å². The van der Waals surface area contributed by atoms with Gasteiger partial charge in [0.1, 0.15) is 24.7 Å². The van der Waals surface area contributed by atoms with Crippen LogP contribution in [0.2, 0.25) is 5.02 Å². The van der Waals surface area contributed by atoms with E-state index < -0.39 is 0 Å². The monoisotopic (exact) mass is 510 g/mol. The highest BCUT2D eigenvalue weighted by Crippen LogP contribution is 2.35. The van der Waals surface area contributed by atoms with Crippen LogP contribution in [0.15, 0.2) is 60.0 Å². The van der Waals surface area contributed by atoms with Crippen LogP contribution in [0.5, 0.6) is 11.5 Å². The van der Waals surface area contributed by atoms with E-state index in [1.165, 1.54) is 4.88 Å². The fourth-order valence-electron chi connectivity index (χ4n) is 4.52. The zero-order valence-corrected chi connectivity index (χ0v) is 21.1. The van der Waals surface area contributed by atoms with E-state index in [4.69, 9.17) is 21.1 Å². The van der Waals surface area contributed by atoms with Crippen LogP contribution in [-0.2, 0) is 11.2 Å². The standard InChI is InChI=1S/C27H27ClN2O4S/c1-33-19-5-4-6-20(15-19)34-17-24-22-12-14-35-25(22)11-13-29(24)26(31)16-30(18-9-10-18)27(32)21-7-2-3-8-23(21)28/h2-8,12,14-15,18,24H,9-11,13,16-17H2,1H3/t24-/m0/s1. The number of benzene rings is 2. The zero-order valence-electron chi connectivity index (χ0n) is 19.5. The van der Waals surface area contributed by atoms with E-state index in [1.807, 2.05) is 29.2 Å². The molecular weight excluding hydrogens is 484 g/mol. The van der Waals surface area contributed by atoms with Gasteiger partial charge in [-0.1, -0.05) is 29.8 Å². The average Bonchev–Trinajstić information content (AvgIpc) is 3.61. The van der Waals surface area contributed by atoms with E-state index >= 15 is 0 Å². The van der Waals surface area contributed by atoms with Crippen LogP contribution in [0.25, 0.3) is 0 Å². The first kappa shape index (κ1) is 23.7. The summed E-state index contributed by atoms with van der Waals surface area (Å²) in [6, 6.07) is 16.4. The maximum Gasteiger partial charge on any atom is 0.256 e. The van der Waals surface area contributed by atoms with Gasteiger partial charge in [0.25, 0.3) is 5.91 Å². The quantitative estimate of drug-likeness (QED) is 0.417. The molecule has 1 aliphatic heterocycles. The van der Waals surface area contributed by atoms with Crippen molar-refractivity contribution in [2.75, 3.05) is 26.8 Å². The molecule has 3 aromatic rings. The molecule has 0 N–H and O–H groups in total. The summed E-state index contributed by atoms with van der Waals surface area (Å²) in [5.74, 6) is 1.14. The molecule has 0 saturated heterocycles. The Morgan fingerprint density at radius 2 is 1.91 bits per heavy atom. The summed E-state index contributed by atoms with van der Waals surface area (Å²) < 4.78 is 11.4. The van der Waals surface area contributed by atoms with Crippen LogP contribution >= 0.6 is 22.9 Å². The molecule has 0 radical (unpaired) electrons. The topological polar surface area (TPSA) is 59.1 Å². The minimum absolute atomic E-state index is 0.0316. The number of fused-ring (bicyclic) bond motifs is 1. The highest BCUT2D eigenvalue weighted by molar-refractivity contribution is 7.10. The molecule has 2 aromatic carbocycles. The summed E-state index contributed by atoms with van der Waals surface area (Å²) in [5.41, 5.74) is 1.55. The summed E-state index contributed by atoms with van der Waals surface area (Å²) in [6.45, 7) is 0.950. The van der Waals surface area contributed by atoms with Crippen molar-refractivity contribution >= 4 is 34.8 Å². The van der Waals surface area contributed by atoms with Gasteiger partial charge in [0.15, 0.2) is 0 Å². The number of thiophene rings is 1. The van der Waals surface area contributed by atoms with Gasteiger partial charge in [-0.05, 0) is 60.5 Å². The first-order valence-corrected chi connectivity index (χ1v) is 13.0. The molecule has 6 nitrogen and oxygen atoms in total. The molecular formula is C27H27ClN2O4S. The lowest BCUT2D eigenvalue weighted by atomic mass is 10.0. The summed E-state index contributed by atoms with van der Waals surface area (Å²) in [6.07, 6.45) is 2.61. The Hall–Kier alpha value is -3.03. The largest absolute Gasteiger partial charge is 0.497 e. The molecule has 1 fully saturated rings. The van der Waals surface area contributed by atoms with Crippen LogP contribution in [0.1, 0.15) is 39.7 Å². The molecule has 1 saturated carbocycles. The summed E-state index contributed by atoms with van der Waals surface area (Å²) >= 11 is 8.00. The third kappa shape index (κ3) is 5.16. The van der Waals surface area contributed by atoms with Gasteiger partial charge >= 0.3 is 0 Å². The molecule has 182 valence electrons. The molecule has 35 heavy (non-hydrogen) atoms. The van der Waals surface area contributed by atoms with Gasteiger partial charge in [0.2, 0.25) is 5.91 Å². The van der Waals surface area contributed by atoms with E-state index in [0.717, 1.165) is 24.8 Å². The van der Waals surface area contributed by atoms with Crippen LogP contribution in [0, 0.1) is 0 Å². The number of carbonyl (C=O) groups excluding carboxylic acids is 2. The molecule has 1 aliphatic carbocycles. The minimum Gasteiger partial charge on any atom is -0.497 e. The van der Waals surface area contributed by atoms with Crippen molar-refractivity contribution in [2.24, 2.45) is 0 Å². The van der Waals surface area contributed by atoms with Gasteiger partial charge in [-0.2, -0.15) is 0 Å². The van der Waals surface area contributed by atoms with Crippen molar-refractivity contribution < 1.29 is 19.1 Å². The number of rotatable bonds is 8. The van der Waals surface area contributed by atoms with E-state index in [0.29, 0.717) is 35.2 Å². The Balaban J connectivity index is 1.35. The third-order valence-electron chi connectivity index (χ3n) is 6.52. The Labute approximate surface area is 214 Å². The second-order valence-corrected chi connectivity index (χ2v) is 10.2. The maximum atomic E-state index is 13.6. The van der Waals surface area contributed by atoms with E-state index in [9.17, 15) is 9.59 Å². The number of halogens is 1. The van der Waals surface area contributed by atoms with Crippen LogP contribution in [0.3, 0.4) is 0 Å². The van der Waals surface area contributed by atoms with Crippen LogP contribution in [0.4, 0.5) is 0 Å². The molecule has 1 atom stereocenters. The zero-order chi connectivity index (χ0) is 24.4. The van der Waals surface area contributed by atoms with Crippen LogP contribution in [-0.4, -0.2) is 54.5 Å². The molecule has 5 rings (SSSR count). The number of carbonyl (C=O) groups is 2. The molecule has 8 heteroatoms. The van der Waals surface area contributed by atoms with E-state index in [-0.39, 0.29) is 30.4 Å². The lowest BCUT2D eigenvalue weighted by Gasteiger charge is -2.37. The SMILES string of the molecule is COc1cccc(OC[C@H]2c3ccsc3CCN2C(=O)CN(C(=O)c2ccccc2Cl)C2CC2)c1. The van der Waals surface area contributed by atoms with Gasteiger partial charge < -0.3 is 19.3 Å². The molecule has 2 amide bonds. The average molecular weight is 511 g/mol. The smallest absolute Gasteiger partial charge is 0.256 e. The summed E-state index contributed by atoms with van der Waals surface area (Å²) in [7, 11) is 1.62. The number of amides is 2. The minimum atomic E-state index is -0.222.